The van der Waals surface area contributed by atoms with Crippen molar-refractivity contribution >= 4 is 17.8 Å². The summed E-state index contributed by atoms with van der Waals surface area (Å²) in [5.41, 5.74) is 9.14. The van der Waals surface area contributed by atoms with E-state index in [2.05, 4.69) is 23.5 Å². The second-order valence-electron chi connectivity index (χ2n) is 8.99. The molecule has 2 atom stereocenters. The van der Waals surface area contributed by atoms with Crippen molar-refractivity contribution in [2.45, 2.75) is 57.5 Å². The predicted molar refractivity (Wildman–Crippen MR) is 131 cm³/mol. The van der Waals surface area contributed by atoms with E-state index in [1.54, 1.807) is 4.90 Å². The molecule has 1 saturated heterocycles. The lowest BCUT2D eigenvalue weighted by Crippen LogP contribution is -2.42. The summed E-state index contributed by atoms with van der Waals surface area (Å²) in [7, 11) is 0. The number of nitrogens with zero attached hydrogens (tertiary/aromatic N) is 1. The van der Waals surface area contributed by atoms with Gasteiger partial charge in [0, 0.05) is 32.1 Å². The molecule has 1 aliphatic heterocycles. The molecular weight excluding hydrogens is 430 g/mol. The van der Waals surface area contributed by atoms with Crippen molar-refractivity contribution in [1.82, 2.24) is 10.2 Å². The van der Waals surface area contributed by atoms with Crippen LogP contribution in [0.1, 0.15) is 48.8 Å². The molecule has 2 amide bonds. The highest BCUT2D eigenvalue weighted by Crippen LogP contribution is 2.27. The van der Waals surface area contributed by atoms with Crippen molar-refractivity contribution < 1.29 is 19.5 Å². The van der Waals surface area contributed by atoms with Gasteiger partial charge in [0.1, 0.15) is 0 Å². The highest BCUT2D eigenvalue weighted by atomic mass is 16.4. The summed E-state index contributed by atoms with van der Waals surface area (Å²) < 4.78 is 0. The molecule has 3 rings (SSSR count). The first-order chi connectivity index (χ1) is 16.5. The monoisotopic (exact) mass is 465 g/mol. The van der Waals surface area contributed by atoms with Crippen molar-refractivity contribution in [3.63, 3.8) is 0 Å². The molecule has 7 heteroatoms. The number of carboxylic acids is 1. The van der Waals surface area contributed by atoms with Gasteiger partial charge in [-0.2, -0.15) is 0 Å². The molecule has 2 aromatic rings. The van der Waals surface area contributed by atoms with Crippen LogP contribution < -0.4 is 11.1 Å². The van der Waals surface area contributed by atoms with Gasteiger partial charge in [-0.3, -0.25) is 14.4 Å². The van der Waals surface area contributed by atoms with Crippen LogP contribution in [-0.2, 0) is 33.8 Å². The first-order valence-electron chi connectivity index (χ1n) is 12.1. The largest absolute Gasteiger partial charge is 0.481 e. The second-order valence-corrected chi connectivity index (χ2v) is 8.99. The van der Waals surface area contributed by atoms with Crippen LogP contribution in [0.5, 0.6) is 0 Å². The van der Waals surface area contributed by atoms with Crippen LogP contribution in [0.2, 0.25) is 0 Å². The van der Waals surface area contributed by atoms with E-state index in [0.29, 0.717) is 32.5 Å². The molecule has 0 spiro atoms. The zero-order valence-corrected chi connectivity index (χ0v) is 19.6. The third kappa shape index (κ3) is 7.70. The van der Waals surface area contributed by atoms with Gasteiger partial charge in [-0.1, -0.05) is 54.6 Å². The molecule has 2 aromatic carbocycles. The zero-order chi connectivity index (χ0) is 24.3. The summed E-state index contributed by atoms with van der Waals surface area (Å²) in [5.74, 6) is -1.65. The summed E-state index contributed by atoms with van der Waals surface area (Å²) in [5, 5.41) is 12.1. The Morgan fingerprint density at radius 1 is 1.00 bits per heavy atom. The standard InChI is InChI=1S/C27H35N3O4/c28-18-22-11-4-9-21(15-22)10-5-13-25(31)29-19-24-16-23(17-26(32)33)27(34)30(24)14-6-12-20-7-2-1-3-8-20/h1-4,7-9,11,15,23-24H,5-6,10,12-14,16-19,28H2,(H,29,31)(H,32,33)/t23-,24-/m0/s1. The molecule has 0 unspecified atom stereocenters. The first-order valence-corrected chi connectivity index (χ1v) is 12.1. The normalized spacial score (nSPS) is 17.7. The number of carboxylic acid groups (broad SMARTS) is 1. The number of aryl methyl sites for hydroxylation is 2. The highest BCUT2D eigenvalue weighted by Gasteiger charge is 2.39. The molecule has 0 aliphatic carbocycles. The molecule has 1 heterocycles. The van der Waals surface area contributed by atoms with E-state index < -0.39 is 11.9 Å². The summed E-state index contributed by atoms with van der Waals surface area (Å²) in [6.07, 6.45) is 3.87. The van der Waals surface area contributed by atoms with Crippen LogP contribution >= 0.6 is 0 Å². The van der Waals surface area contributed by atoms with Gasteiger partial charge < -0.3 is 21.1 Å². The molecule has 1 fully saturated rings. The van der Waals surface area contributed by atoms with Crippen LogP contribution in [0.15, 0.2) is 54.6 Å². The Balaban J connectivity index is 1.48. The molecule has 34 heavy (non-hydrogen) atoms. The van der Waals surface area contributed by atoms with Gasteiger partial charge in [-0.05, 0) is 48.8 Å². The van der Waals surface area contributed by atoms with Crippen molar-refractivity contribution in [2.24, 2.45) is 11.7 Å². The minimum Gasteiger partial charge on any atom is -0.481 e. The fraction of sp³-hybridized carbons (Fsp3) is 0.444. The van der Waals surface area contributed by atoms with Gasteiger partial charge in [0.2, 0.25) is 11.8 Å². The molecule has 0 aromatic heterocycles. The summed E-state index contributed by atoms with van der Waals surface area (Å²) in [4.78, 5) is 38.3. The van der Waals surface area contributed by atoms with E-state index in [1.165, 1.54) is 11.1 Å². The summed E-state index contributed by atoms with van der Waals surface area (Å²) in [6.45, 7) is 1.41. The first kappa shape index (κ1) is 25.4. The lowest BCUT2D eigenvalue weighted by atomic mass is 10.0. The number of hydrogen-bond donors (Lipinski definition) is 3. The Kier molecular flexibility index (Phi) is 9.64. The maximum Gasteiger partial charge on any atom is 0.304 e. The van der Waals surface area contributed by atoms with Crippen molar-refractivity contribution in [2.75, 3.05) is 13.1 Å². The van der Waals surface area contributed by atoms with Crippen molar-refractivity contribution in [1.29, 1.82) is 0 Å². The number of benzene rings is 2. The zero-order valence-electron chi connectivity index (χ0n) is 19.6. The Bertz CT molecular complexity index is 963. The van der Waals surface area contributed by atoms with E-state index in [-0.39, 0.29) is 24.3 Å². The molecule has 0 saturated carbocycles. The smallest absolute Gasteiger partial charge is 0.304 e. The second kappa shape index (κ2) is 12.9. The molecular formula is C27H35N3O4. The summed E-state index contributed by atoms with van der Waals surface area (Å²) in [6, 6.07) is 18.0. The van der Waals surface area contributed by atoms with Crippen molar-refractivity contribution in [3.05, 3.63) is 71.3 Å². The number of carbonyl (C=O) groups is 3. The SMILES string of the molecule is NCc1cccc(CCCC(=O)NC[C@@H]2C[C@@H](CC(=O)O)C(=O)N2CCCc2ccccc2)c1. The molecule has 0 bridgehead atoms. The average Bonchev–Trinajstić information content (AvgIpc) is 3.12. The van der Waals surface area contributed by atoms with Gasteiger partial charge in [0.05, 0.1) is 12.3 Å². The van der Waals surface area contributed by atoms with E-state index in [9.17, 15) is 19.5 Å². The fourth-order valence-corrected chi connectivity index (χ4v) is 4.62. The number of nitrogens with one attached hydrogen (secondary N) is 1. The quantitative estimate of drug-likeness (QED) is 0.421. The number of amides is 2. The Hall–Kier alpha value is -3.19. The van der Waals surface area contributed by atoms with Gasteiger partial charge in [0.15, 0.2) is 0 Å². The lowest BCUT2D eigenvalue weighted by Gasteiger charge is -2.25. The maximum atomic E-state index is 12.9. The lowest BCUT2D eigenvalue weighted by molar-refractivity contribution is -0.142. The van der Waals surface area contributed by atoms with Gasteiger partial charge in [0.25, 0.3) is 0 Å². The van der Waals surface area contributed by atoms with Crippen LogP contribution in [0.25, 0.3) is 0 Å². The van der Waals surface area contributed by atoms with Crippen LogP contribution in [0.4, 0.5) is 0 Å². The number of rotatable bonds is 13. The number of hydrogen-bond acceptors (Lipinski definition) is 4. The van der Waals surface area contributed by atoms with Gasteiger partial charge in [-0.25, -0.2) is 0 Å². The Labute approximate surface area is 201 Å². The third-order valence-electron chi connectivity index (χ3n) is 6.39. The number of aliphatic carboxylic acids is 1. The minimum atomic E-state index is -0.967. The van der Waals surface area contributed by atoms with Gasteiger partial charge in [-0.15, -0.1) is 0 Å². The minimum absolute atomic E-state index is 0.0478. The van der Waals surface area contributed by atoms with E-state index in [1.807, 2.05) is 36.4 Å². The van der Waals surface area contributed by atoms with Crippen molar-refractivity contribution in [3.8, 4) is 0 Å². The van der Waals surface area contributed by atoms with Crippen LogP contribution in [-0.4, -0.2) is 46.9 Å². The number of likely N-dealkylation sites (tertiary alicyclic amines) is 1. The number of nitrogens with two attached hydrogens (primary N) is 1. The maximum absolute atomic E-state index is 12.9. The average molecular weight is 466 g/mol. The molecule has 182 valence electrons. The topological polar surface area (TPSA) is 113 Å². The van der Waals surface area contributed by atoms with Gasteiger partial charge >= 0.3 is 5.97 Å². The molecule has 0 radical (unpaired) electrons. The highest BCUT2D eigenvalue weighted by molar-refractivity contribution is 5.85. The van der Waals surface area contributed by atoms with E-state index in [4.69, 9.17) is 5.73 Å². The molecule has 1 aliphatic rings. The fourth-order valence-electron chi connectivity index (χ4n) is 4.62. The van der Waals surface area contributed by atoms with E-state index >= 15 is 0 Å². The molecule has 4 N–H and O–H groups in total. The Morgan fingerprint density at radius 3 is 2.44 bits per heavy atom. The third-order valence-corrected chi connectivity index (χ3v) is 6.39. The van der Waals surface area contributed by atoms with Crippen LogP contribution in [0.3, 0.4) is 0 Å². The molecule has 7 nitrogen and oxygen atoms in total. The van der Waals surface area contributed by atoms with E-state index in [0.717, 1.165) is 31.2 Å². The Morgan fingerprint density at radius 2 is 1.71 bits per heavy atom. The summed E-state index contributed by atoms with van der Waals surface area (Å²) >= 11 is 0. The van der Waals surface area contributed by atoms with Crippen LogP contribution in [0, 0.1) is 5.92 Å². The number of carbonyl (C=O) groups excluding carboxylic acids is 2. The predicted octanol–water partition coefficient (Wildman–Crippen LogP) is 2.91.